The van der Waals surface area contributed by atoms with Crippen LogP contribution in [0.4, 0.5) is 10.1 Å². The summed E-state index contributed by atoms with van der Waals surface area (Å²) in [4.78, 5) is 11.4. The van der Waals surface area contributed by atoms with Crippen LogP contribution in [0.2, 0.25) is 5.02 Å². The van der Waals surface area contributed by atoms with E-state index in [1.165, 1.54) is 6.07 Å². The van der Waals surface area contributed by atoms with Gasteiger partial charge in [-0.2, -0.15) is 0 Å². The number of hydrogen-bond acceptors (Lipinski definition) is 2. The van der Waals surface area contributed by atoms with Crippen molar-refractivity contribution in [2.75, 3.05) is 12.4 Å². The maximum Gasteiger partial charge on any atom is 0.228 e. The molecule has 3 nitrogen and oxygen atoms in total. The summed E-state index contributed by atoms with van der Waals surface area (Å²) in [5.41, 5.74) is 3.14. The van der Waals surface area contributed by atoms with Gasteiger partial charge in [0.1, 0.15) is 5.82 Å². The minimum atomic E-state index is -0.423. The summed E-state index contributed by atoms with van der Waals surface area (Å²) in [5.74, 6) is -0.440. The van der Waals surface area contributed by atoms with Crippen LogP contribution >= 0.6 is 11.6 Å². The van der Waals surface area contributed by atoms with Gasteiger partial charge in [0.05, 0.1) is 17.5 Å². The summed E-state index contributed by atoms with van der Waals surface area (Å²) >= 11 is 5.86. The quantitative estimate of drug-likeness (QED) is 0.913. The Morgan fingerprint density at radius 2 is 2.14 bits per heavy atom. The minimum Gasteiger partial charge on any atom is -0.326 e. The number of rotatable bonds is 3. The van der Waals surface area contributed by atoms with Crippen LogP contribution < -0.4 is 10.6 Å². The van der Waals surface area contributed by atoms with E-state index in [1.54, 1.807) is 19.2 Å². The Morgan fingerprint density at radius 1 is 1.33 bits per heavy atom. The molecule has 1 aliphatic heterocycles. The fraction of sp³-hybridized carbons (Fsp3) is 0.188. The van der Waals surface area contributed by atoms with Gasteiger partial charge in [0.2, 0.25) is 5.91 Å². The van der Waals surface area contributed by atoms with Crippen molar-refractivity contribution in [2.45, 2.75) is 12.5 Å². The molecular formula is C16H14ClFN2O. The lowest BCUT2D eigenvalue weighted by Crippen LogP contribution is -2.19. The molecule has 0 spiro atoms. The van der Waals surface area contributed by atoms with E-state index in [2.05, 4.69) is 10.6 Å². The second-order valence-corrected chi connectivity index (χ2v) is 5.41. The van der Waals surface area contributed by atoms with Gasteiger partial charge in [-0.1, -0.05) is 35.9 Å². The Kier molecular flexibility index (Phi) is 3.66. The van der Waals surface area contributed by atoms with Gasteiger partial charge in [-0.3, -0.25) is 4.79 Å². The van der Waals surface area contributed by atoms with Crippen LogP contribution in [0.3, 0.4) is 0 Å². The van der Waals surface area contributed by atoms with Crippen LogP contribution in [-0.4, -0.2) is 13.0 Å². The van der Waals surface area contributed by atoms with Gasteiger partial charge in [0.25, 0.3) is 0 Å². The fourth-order valence-corrected chi connectivity index (χ4v) is 2.86. The summed E-state index contributed by atoms with van der Waals surface area (Å²) in [6.45, 7) is 0. The Morgan fingerprint density at radius 3 is 2.90 bits per heavy atom. The Hall–Kier alpha value is -1.91. The first kappa shape index (κ1) is 14.0. The normalized spacial score (nSPS) is 14.7. The molecule has 1 amide bonds. The molecule has 2 aromatic rings. The number of nitrogens with one attached hydrogen (secondary N) is 2. The average Bonchev–Trinajstić information content (AvgIpc) is 2.83. The number of amides is 1. The second-order valence-electron chi connectivity index (χ2n) is 5.01. The third-order valence-electron chi connectivity index (χ3n) is 3.67. The number of anilines is 1. The van der Waals surface area contributed by atoms with E-state index in [0.717, 1.165) is 16.8 Å². The van der Waals surface area contributed by atoms with Crippen molar-refractivity contribution in [1.29, 1.82) is 0 Å². The summed E-state index contributed by atoms with van der Waals surface area (Å²) in [6, 6.07) is 10.3. The Labute approximate surface area is 127 Å². The monoisotopic (exact) mass is 304 g/mol. The van der Waals surface area contributed by atoms with Crippen LogP contribution in [0, 0.1) is 5.82 Å². The molecule has 0 saturated carbocycles. The summed E-state index contributed by atoms with van der Waals surface area (Å²) in [5, 5.41) is 5.99. The van der Waals surface area contributed by atoms with Crippen LogP contribution in [0.25, 0.3) is 0 Å². The van der Waals surface area contributed by atoms with Gasteiger partial charge in [-0.15, -0.1) is 0 Å². The second kappa shape index (κ2) is 5.47. The highest BCUT2D eigenvalue weighted by atomic mass is 35.5. The molecule has 3 rings (SSSR count). The number of halogens is 2. The molecule has 0 fully saturated rings. The van der Waals surface area contributed by atoms with Gasteiger partial charge in [0, 0.05) is 11.3 Å². The molecule has 21 heavy (non-hydrogen) atoms. The highest BCUT2D eigenvalue weighted by Crippen LogP contribution is 2.31. The van der Waals surface area contributed by atoms with Crippen molar-refractivity contribution in [1.82, 2.24) is 5.32 Å². The largest absolute Gasteiger partial charge is 0.326 e. The summed E-state index contributed by atoms with van der Waals surface area (Å²) in [6.07, 6.45) is 0.359. The molecule has 0 bridgehead atoms. The van der Waals surface area contributed by atoms with E-state index < -0.39 is 5.82 Å². The lowest BCUT2D eigenvalue weighted by molar-refractivity contribution is -0.115. The third-order valence-corrected chi connectivity index (χ3v) is 3.96. The molecule has 0 aromatic heterocycles. The number of carbonyl (C=O) groups excluding carboxylic acids is 1. The fourth-order valence-electron chi connectivity index (χ4n) is 2.67. The molecular weight excluding hydrogens is 291 g/mol. The van der Waals surface area contributed by atoms with E-state index in [0.29, 0.717) is 12.0 Å². The predicted octanol–water partition coefficient (Wildman–Crippen LogP) is 3.28. The molecule has 2 aromatic carbocycles. The Balaban J connectivity index is 2.03. The average molecular weight is 305 g/mol. The highest BCUT2D eigenvalue weighted by molar-refractivity contribution is 6.30. The number of fused-ring (bicyclic) bond motifs is 1. The topological polar surface area (TPSA) is 41.1 Å². The zero-order valence-corrected chi connectivity index (χ0v) is 12.2. The predicted molar refractivity (Wildman–Crippen MR) is 81.1 cm³/mol. The van der Waals surface area contributed by atoms with E-state index in [1.807, 2.05) is 18.2 Å². The molecule has 1 unspecified atom stereocenters. The molecule has 5 heteroatoms. The van der Waals surface area contributed by atoms with Crippen molar-refractivity contribution in [3.8, 4) is 0 Å². The third kappa shape index (κ3) is 2.52. The molecule has 0 saturated heterocycles. The smallest absolute Gasteiger partial charge is 0.228 e. The maximum atomic E-state index is 14.2. The van der Waals surface area contributed by atoms with Crippen LogP contribution in [-0.2, 0) is 11.2 Å². The molecule has 0 aliphatic carbocycles. The van der Waals surface area contributed by atoms with Crippen molar-refractivity contribution < 1.29 is 9.18 Å². The zero-order valence-electron chi connectivity index (χ0n) is 11.4. The van der Waals surface area contributed by atoms with Crippen molar-refractivity contribution in [2.24, 2.45) is 0 Å². The Bertz CT molecular complexity index is 717. The van der Waals surface area contributed by atoms with Crippen molar-refractivity contribution in [3.05, 3.63) is 63.9 Å². The minimum absolute atomic E-state index is 0.0166. The maximum absolute atomic E-state index is 14.2. The van der Waals surface area contributed by atoms with Crippen LogP contribution in [0.5, 0.6) is 0 Å². The standard InChI is InChI=1S/C16H14ClFN2O/c1-19-16(11-3-2-4-12(17)15(11)18)9-5-6-13-10(7-9)8-14(21)20-13/h2-7,16,19H,8H2,1H3,(H,20,21). The van der Waals surface area contributed by atoms with E-state index in [9.17, 15) is 9.18 Å². The molecule has 2 N–H and O–H groups in total. The molecule has 108 valence electrons. The van der Waals surface area contributed by atoms with E-state index in [-0.39, 0.29) is 17.0 Å². The van der Waals surface area contributed by atoms with Crippen molar-refractivity contribution in [3.63, 3.8) is 0 Å². The first-order valence-electron chi connectivity index (χ1n) is 6.64. The SMILES string of the molecule is CNC(c1ccc2c(c1)CC(=O)N2)c1cccc(Cl)c1F. The summed E-state index contributed by atoms with van der Waals surface area (Å²) in [7, 11) is 1.77. The summed E-state index contributed by atoms with van der Waals surface area (Å²) < 4.78 is 14.2. The van der Waals surface area contributed by atoms with Gasteiger partial charge in [-0.05, 0) is 30.3 Å². The van der Waals surface area contributed by atoms with Crippen LogP contribution in [0.15, 0.2) is 36.4 Å². The van der Waals surface area contributed by atoms with Crippen LogP contribution in [0.1, 0.15) is 22.7 Å². The van der Waals surface area contributed by atoms with Gasteiger partial charge in [-0.25, -0.2) is 4.39 Å². The lowest BCUT2D eigenvalue weighted by Gasteiger charge is -2.19. The zero-order chi connectivity index (χ0) is 15.0. The molecule has 1 heterocycles. The molecule has 1 atom stereocenters. The number of hydrogen-bond donors (Lipinski definition) is 2. The van der Waals surface area contributed by atoms with Crippen molar-refractivity contribution >= 4 is 23.2 Å². The lowest BCUT2D eigenvalue weighted by atomic mass is 9.96. The molecule has 1 aliphatic rings. The van der Waals surface area contributed by atoms with Gasteiger partial charge >= 0.3 is 0 Å². The van der Waals surface area contributed by atoms with Gasteiger partial charge in [0.15, 0.2) is 0 Å². The molecule has 0 radical (unpaired) electrons. The highest BCUT2D eigenvalue weighted by Gasteiger charge is 2.22. The van der Waals surface area contributed by atoms with Gasteiger partial charge < -0.3 is 10.6 Å². The van der Waals surface area contributed by atoms with E-state index >= 15 is 0 Å². The first-order valence-corrected chi connectivity index (χ1v) is 7.02. The number of carbonyl (C=O) groups is 1. The van der Waals surface area contributed by atoms with E-state index in [4.69, 9.17) is 11.6 Å². The first-order chi connectivity index (χ1) is 10.1. The number of benzene rings is 2.